The number of halogens is 3. The van der Waals surface area contributed by atoms with Gasteiger partial charge in [-0.1, -0.05) is 42.3 Å². The average molecular weight is 202 g/mol. The fourth-order valence-electron chi connectivity index (χ4n) is 1.45. The number of benzene rings is 1. The Kier molecular flexibility index (Phi) is 3.58. The van der Waals surface area contributed by atoms with Crippen LogP contribution in [0.15, 0.2) is 30.3 Å². The standard InChI is InChI=1S/C9H12BF3N/c11-10(12,13)9(6-7-14)8-4-2-1-3-5-8/h1-5,9H,6-7,14H2/q-1. The molecule has 0 heterocycles. The highest BCUT2D eigenvalue weighted by Gasteiger charge is 2.34. The van der Waals surface area contributed by atoms with Crippen LogP contribution >= 0.6 is 0 Å². The van der Waals surface area contributed by atoms with Crippen LogP contribution in [0.2, 0.25) is 0 Å². The van der Waals surface area contributed by atoms with Crippen molar-refractivity contribution in [1.82, 2.24) is 0 Å². The summed E-state index contributed by atoms with van der Waals surface area (Å²) >= 11 is 0. The lowest BCUT2D eigenvalue weighted by atomic mass is 9.67. The van der Waals surface area contributed by atoms with Crippen LogP contribution in [0.25, 0.3) is 0 Å². The Bertz CT molecular complexity index is 273. The second kappa shape index (κ2) is 4.51. The molecule has 0 bridgehead atoms. The molecular weight excluding hydrogens is 190 g/mol. The molecule has 1 rings (SSSR count). The number of hydrogen-bond donors (Lipinski definition) is 1. The molecule has 1 atom stereocenters. The van der Waals surface area contributed by atoms with E-state index in [9.17, 15) is 12.9 Å². The molecule has 1 aromatic rings. The van der Waals surface area contributed by atoms with Gasteiger partial charge in [-0.2, -0.15) is 0 Å². The third kappa shape index (κ3) is 2.77. The summed E-state index contributed by atoms with van der Waals surface area (Å²) in [5, 5.41) is 0. The number of hydrogen-bond acceptors (Lipinski definition) is 1. The zero-order valence-corrected chi connectivity index (χ0v) is 7.67. The lowest BCUT2D eigenvalue weighted by Crippen LogP contribution is -2.29. The fraction of sp³-hybridized carbons (Fsp3) is 0.333. The summed E-state index contributed by atoms with van der Waals surface area (Å²) in [4.78, 5) is 0. The van der Waals surface area contributed by atoms with Crippen molar-refractivity contribution in [1.29, 1.82) is 0 Å². The third-order valence-electron chi connectivity index (χ3n) is 2.16. The zero-order valence-electron chi connectivity index (χ0n) is 7.67. The molecule has 1 unspecified atom stereocenters. The van der Waals surface area contributed by atoms with Crippen molar-refractivity contribution in [3.05, 3.63) is 35.9 Å². The fourth-order valence-corrected chi connectivity index (χ4v) is 1.45. The van der Waals surface area contributed by atoms with Crippen LogP contribution in [0.3, 0.4) is 0 Å². The molecule has 14 heavy (non-hydrogen) atoms. The van der Waals surface area contributed by atoms with Gasteiger partial charge in [0, 0.05) is 0 Å². The van der Waals surface area contributed by atoms with Crippen LogP contribution in [0.5, 0.6) is 0 Å². The topological polar surface area (TPSA) is 26.0 Å². The van der Waals surface area contributed by atoms with Gasteiger partial charge in [0.05, 0.1) is 0 Å². The second-order valence-corrected chi connectivity index (χ2v) is 3.22. The van der Waals surface area contributed by atoms with E-state index in [0.29, 0.717) is 5.56 Å². The highest BCUT2D eigenvalue weighted by atomic mass is 19.4. The van der Waals surface area contributed by atoms with Crippen LogP contribution in [-0.2, 0) is 0 Å². The maximum atomic E-state index is 12.6. The molecule has 0 aliphatic heterocycles. The Morgan fingerprint density at radius 3 is 2.14 bits per heavy atom. The molecule has 0 aliphatic carbocycles. The Morgan fingerprint density at radius 2 is 1.71 bits per heavy atom. The van der Waals surface area contributed by atoms with E-state index in [1.165, 1.54) is 12.1 Å². The normalized spacial score (nSPS) is 14.0. The van der Waals surface area contributed by atoms with Gasteiger partial charge in [0.1, 0.15) is 0 Å². The predicted molar refractivity (Wildman–Crippen MR) is 51.9 cm³/mol. The minimum absolute atomic E-state index is 0.0342. The Balaban J connectivity index is 2.89. The number of rotatable bonds is 4. The van der Waals surface area contributed by atoms with Gasteiger partial charge < -0.3 is 18.7 Å². The molecule has 0 spiro atoms. The first-order valence-corrected chi connectivity index (χ1v) is 4.50. The maximum absolute atomic E-state index is 12.6. The van der Waals surface area contributed by atoms with Gasteiger partial charge in [-0.25, -0.2) is 0 Å². The summed E-state index contributed by atoms with van der Waals surface area (Å²) in [5.41, 5.74) is 5.48. The third-order valence-corrected chi connectivity index (χ3v) is 2.16. The molecule has 2 N–H and O–H groups in total. The van der Waals surface area contributed by atoms with Crippen LogP contribution in [-0.4, -0.2) is 13.5 Å². The first-order valence-electron chi connectivity index (χ1n) is 4.50. The Labute approximate surface area is 81.2 Å². The highest BCUT2D eigenvalue weighted by Crippen LogP contribution is 2.32. The molecule has 78 valence electrons. The number of nitrogens with two attached hydrogens (primary N) is 1. The van der Waals surface area contributed by atoms with E-state index in [1.807, 2.05) is 0 Å². The van der Waals surface area contributed by atoms with Crippen molar-refractivity contribution >= 4 is 6.98 Å². The van der Waals surface area contributed by atoms with Gasteiger partial charge in [-0.15, -0.1) is 0 Å². The summed E-state index contributed by atoms with van der Waals surface area (Å²) in [5.74, 6) is -1.37. The summed E-state index contributed by atoms with van der Waals surface area (Å²) in [6.45, 7) is -4.79. The smallest absolute Gasteiger partial charge is 0.448 e. The molecule has 1 nitrogen and oxygen atoms in total. The van der Waals surface area contributed by atoms with Crippen LogP contribution in [0.1, 0.15) is 17.8 Å². The summed E-state index contributed by atoms with van der Waals surface area (Å²) in [6, 6.07) is 7.92. The quantitative estimate of drug-likeness (QED) is 0.745. The van der Waals surface area contributed by atoms with Gasteiger partial charge in [0.2, 0.25) is 0 Å². The summed E-state index contributed by atoms with van der Waals surface area (Å²) in [6.07, 6.45) is -0.0342. The molecule has 0 aromatic heterocycles. The van der Waals surface area contributed by atoms with E-state index in [-0.39, 0.29) is 13.0 Å². The molecule has 1 aromatic carbocycles. The highest BCUT2D eigenvalue weighted by molar-refractivity contribution is 6.60. The van der Waals surface area contributed by atoms with Gasteiger partial charge in [-0.3, -0.25) is 0 Å². The first-order chi connectivity index (χ1) is 6.55. The molecule has 0 fully saturated rings. The Morgan fingerprint density at radius 1 is 1.14 bits per heavy atom. The van der Waals surface area contributed by atoms with Crippen molar-refractivity contribution < 1.29 is 12.9 Å². The molecule has 5 heteroatoms. The van der Waals surface area contributed by atoms with Gasteiger partial charge >= 0.3 is 6.98 Å². The summed E-state index contributed by atoms with van der Waals surface area (Å²) < 4.78 is 37.8. The Hall–Kier alpha value is -0.965. The van der Waals surface area contributed by atoms with Gasteiger partial charge in [0.25, 0.3) is 0 Å². The first kappa shape index (κ1) is 11.1. The van der Waals surface area contributed by atoms with Crippen LogP contribution in [0.4, 0.5) is 12.9 Å². The minimum Gasteiger partial charge on any atom is -0.448 e. The molecule has 0 amide bonds. The van der Waals surface area contributed by atoms with Crippen molar-refractivity contribution in [2.24, 2.45) is 5.73 Å². The van der Waals surface area contributed by atoms with E-state index < -0.39 is 12.8 Å². The van der Waals surface area contributed by atoms with E-state index in [4.69, 9.17) is 5.73 Å². The summed E-state index contributed by atoms with van der Waals surface area (Å²) in [7, 11) is 0. The lowest BCUT2D eigenvalue weighted by molar-refractivity contribution is 0.431. The molecular formula is C9H12BF3N-. The molecule has 0 saturated carbocycles. The lowest BCUT2D eigenvalue weighted by Gasteiger charge is -2.26. The van der Waals surface area contributed by atoms with Gasteiger partial charge in [-0.05, 0) is 12.4 Å². The minimum atomic E-state index is -4.85. The van der Waals surface area contributed by atoms with Gasteiger partial charge in [0.15, 0.2) is 0 Å². The maximum Gasteiger partial charge on any atom is 0.485 e. The van der Waals surface area contributed by atoms with E-state index in [2.05, 4.69) is 0 Å². The van der Waals surface area contributed by atoms with E-state index >= 15 is 0 Å². The predicted octanol–water partition coefficient (Wildman–Crippen LogP) is 2.51. The monoisotopic (exact) mass is 202 g/mol. The largest absolute Gasteiger partial charge is 0.485 e. The van der Waals surface area contributed by atoms with Crippen molar-refractivity contribution in [3.8, 4) is 0 Å². The van der Waals surface area contributed by atoms with Crippen molar-refractivity contribution in [2.75, 3.05) is 6.54 Å². The van der Waals surface area contributed by atoms with Crippen molar-refractivity contribution in [3.63, 3.8) is 0 Å². The molecule has 0 saturated heterocycles. The molecule has 0 radical (unpaired) electrons. The van der Waals surface area contributed by atoms with E-state index in [0.717, 1.165) is 0 Å². The SMILES string of the molecule is NCCC(c1ccccc1)[B-](F)(F)F. The molecule has 0 aliphatic rings. The van der Waals surface area contributed by atoms with Crippen LogP contribution < -0.4 is 5.73 Å². The van der Waals surface area contributed by atoms with Crippen LogP contribution in [0, 0.1) is 0 Å². The zero-order chi connectivity index (χ0) is 10.6. The second-order valence-electron chi connectivity index (χ2n) is 3.22. The average Bonchev–Trinajstić information content (AvgIpc) is 2.14. The van der Waals surface area contributed by atoms with Crippen molar-refractivity contribution in [2.45, 2.75) is 12.2 Å². The van der Waals surface area contributed by atoms with E-state index in [1.54, 1.807) is 18.2 Å².